The highest BCUT2D eigenvalue weighted by Crippen LogP contribution is 2.35. The van der Waals surface area contributed by atoms with Crippen molar-refractivity contribution >= 4 is 11.6 Å². The predicted molar refractivity (Wildman–Crippen MR) is 70.4 cm³/mol. The minimum atomic E-state index is 0.0461. The van der Waals surface area contributed by atoms with E-state index in [2.05, 4.69) is 32.9 Å². The van der Waals surface area contributed by atoms with Gasteiger partial charge >= 0.3 is 0 Å². The van der Waals surface area contributed by atoms with E-state index < -0.39 is 0 Å². The van der Waals surface area contributed by atoms with Crippen molar-refractivity contribution in [2.45, 2.75) is 39.0 Å². The van der Waals surface area contributed by atoms with Crippen LogP contribution in [0.1, 0.15) is 43.2 Å². The van der Waals surface area contributed by atoms with Gasteiger partial charge in [0.2, 0.25) is 0 Å². The Morgan fingerprint density at radius 2 is 2.06 bits per heavy atom. The first kappa shape index (κ1) is 13.4. The lowest BCUT2D eigenvalue weighted by Gasteiger charge is -2.17. The molecule has 90 valence electrons. The van der Waals surface area contributed by atoms with Gasteiger partial charge in [0.1, 0.15) is 5.75 Å². The molecule has 1 aromatic rings. The summed E-state index contributed by atoms with van der Waals surface area (Å²) >= 11 is 6.46. The van der Waals surface area contributed by atoms with Crippen molar-refractivity contribution in [1.29, 1.82) is 0 Å². The Hall–Kier alpha value is -0.690. The second-order valence-electron chi connectivity index (χ2n) is 4.46. The second-order valence-corrected chi connectivity index (χ2v) is 4.99. The number of hydrogen-bond donors (Lipinski definition) is 0. The van der Waals surface area contributed by atoms with Crippen molar-refractivity contribution in [1.82, 2.24) is 0 Å². The lowest BCUT2D eigenvalue weighted by atomic mass is 9.97. The van der Waals surface area contributed by atoms with E-state index in [1.54, 1.807) is 7.11 Å². The van der Waals surface area contributed by atoms with E-state index in [1.165, 1.54) is 5.56 Å². The summed E-state index contributed by atoms with van der Waals surface area (Å²) in [6.45, 7) is 6.51. The van der Waals surface area contributed by atoms with Gasteiger partial charge in [-0.1, -0.05) is 38.0 Å². The molecule has 0 fully saturated rings. The molecule has 2 heteroatoms. The number of halogens is 1. The first-order chi connectivity index (χ1) is 7.58. The quantitative estimate of drug-likeness (QED) is 0.677. The normalized spacial score (nSPS) is 14.6. The minimum Gasteiger partial charge on any atom is -0.496 e. The van der Waals surface area contributed by atoms with Crippen LogP contribution >= 0.6 is 11.6 Å². The Morgan fingerprint density at radius 3 is 2.62 bits per heavy atom. The van der Waals surface area contributed by atoms with E-state index in [9.17, 15) is 0 Å². The van der Waals surface area contributed by atoms with Crippen LogP contribution in [0.25, 0.3) is 0 Å². The number of methoxy groups -OCH3 is 1. The molecule has 2 atom stereocenters. The molecule has 1 nitrogen and oxygen atoms in total. The molecule has 16 heavy (non-hydrogen) atoms. The zero-order chi connectivity index (χ0) is 12.1. The van der Waals surface area contributed by atoms with E-state index in [0.29, 0.717) is 5.92 Å². The number of alkyl halides is 1. The molecule has 0 radical (unpaired) electrons. The van der Waals surface area contributed by atoms with Crippen LogP contribution in [0.5, 0.6) is 5.75 Å². The Kier molecular flexibility index (Phi) is 5.14. The summed E-state index contributed by atoms with van der Waals surface area (Å²) in [6, 6.07) is 6.17. The highest BCUT2D eigenvalue weighted by Gasteiger charge is 2.16. The standard InChI is InChI=1S/C14H21ClO/c1-5-10(2)9-13(15)12-8-11(3)6-7-14(12)16-4/h6-8,10,13H,5,9H2,1-4H3. The molecule has 0 heterocycles. The predicted octanol–water partition coefficient (Wildman–Crippen LogP) is 4.72. The van der Waals surface area contributed by atoms with E-state index in [-0.39, 0.29) is 5.38 Å². The van der Waals surface area contributed by atoms with Crippen LogP contribution in [0.2, 0.25) is 0 Å². The molecule has 0 bridgehead atoms. The molecule has 0 aliphatic heterocycles. The average molecular weight is 241 g/mol. The lowest BCUT2D eigenvalue weighted by molar-refractivity contribution is 0.405. The first-order valence-electron chi connectivity index (χ1n) is 5.87. The van der Waals surface area contributed by atoms with Gasteiger partial charge in [0.15, 0.2) is 0 Å². The lowest BCUT2D eigenvalue weighted by Crippen LogP contribution is -2.01. The van der Waals surface area contributed by atoms with E-state index in [0.717, 1.165) is 24.2 Å². The Bertz CT molecular complexity index is 336. The van der Waals surface area contributed by atoms with Crippen molar-refractivity contribution in [2.75, 3.05) is 7.11 Å². The minimum absolute atomic E-state index is 0.0461. The molecule has 1 aromatic carbocycles. The Labute approximate surface area is 104 Å². The summed E-state index contributed by atoms with van der Waals surface area (Å²) in [5, 5.41) is 0.0461. The number of ether oxygens (including phenoxy) is 1. The molecular weight excluding hydrogens is 220 g/mol. The summed E-state index contributed by atoms with van der Waals surface area (Å²) in [7, 11) is 1.70. The zero-order valence-electron chi connectivity index (χ0n) is 10.6. The molecule has 2 unspecified atom stereocenters. The van der Waals surface area contributed by atoms with Crippen LogP contribution in [0.15, 0.2) is 18.2 Å². The number of benzene rings is 1. The van der Waals surface area contributed by atoms with Crippen LogP contribution in [-0.2, 0) is 0 Å². The molecule has 0 aliphatic carbocycles. The van der Waals surface area contributed by atoms with E-state index >= 15 is 0 Å². The van der Waals surface area contributed by atoms with Gasteiger partial charge in [0, 0.05) is 5.56 Å². The smallest absolute Gasteiger partial charge is 0.123 e. The third kappa shape index (κ3) is 3.41. The SMILES string of the molecule is CCC(C)CC(Cl)c1cc(C)ccc1OC. The largest absolute Gasteiger partial charge is 0.496 e. The van der Waals surface area contributed by atoms with Crippen molar-refractivity contribution < 1.29 is 4.74 Å². The fraction of sp³-hybridized carbons (Fsp3) is 0.571. The molecule has 0 N–H and O–H groups in total. The van der Waals surface area contributed by atoms with Crippen molar-refractivity contribution in [3.05, 3.63) is 29.3 Å². The molecule has 0 saturated carbocycles. The summed E-state index contributed by atoms with van der Waals surface area (Å²) < 4.78 is 5.35. The van der Waals surface area contributed by atoms with Gasteiger partial charge < -0.3 is 4.74 Å². The van der Waals surface area contributed by atoms with Gasteiger partial charge in [0.05, 0.1) is 12.5 Å². The van der Waals surface area contributed by atoms with Crippen LogP contribution in [-0.4, -0.2) is 7.11 Å². The maximum atomic E-state index is 6.46. The fourth-order valence-electron chi connectivity index (χ4n) is 1.75. The van der Waals surface area contributed by atoms with Crippen LogP contribution in [0, 0.1) is 12.8 Å². The van der Waals surface area contributed by atoms with Gasteiger partial charge in [-0.3, -0.25) is 0 Å². The first-order valence-corrected chi connectivity index (χ1v) is 6.30. The molecule has 0 saturated heterocycles. The summed E-state index contributed by atoms with van der Waals surface area (Å²) in [6.07, 6.45) is 2.16. The molecular formula is C14H21ClO. The Balaban J connectivity index is 2.88. The Morgan fingerprint density at radius 1 is 1.38 bits per heavy atom. The van der Waals surface area contributed by atoms with Crippen molar-refractivity contribution in [3.63, 3.8) is 0 Å². The zero-order valence-corrected chi connectivity index (χ0v) is 11.3. The van der Waals surface area contributed by atoms with Gasteiger partial charge in [-0.05, 0) is 25.3 Å². The number of hydrogen-bond acceptors (Lipinski definition) is 1. The summed E-state index contributed by atoms with van der Waals surface area (Å²) in [5.74, 6) is 1.54. The maximum absolute atomic E-state index is 6.46. The monoisotopic (exact) mass is 240 g/mol. The van der Waals surface area contributed by atoms with Crippen LogP contribution in [0.4, 0.5) is 0 Å². The average Bonchev–Trinajstić information content (AvgIpc) is 2.28. The fourth-order valence-corrected chi connectivity index (χ4v) is 2.22. The van der Waals surface area contributed by atoms with Crippen LogP contribution < -0.4 is 4.74 Å². The second kappa shape index (κ2) is 6.15. The molecule has 0 aliphatic rings. The molecule has 1 rings (SSSR count). The van der Waals surface area contributed by atoms with Crippen molar-refractivity contribution in [3.8, 4) is 5.75 Å². The third-order valence-corrected chi connectivity index (χ3v) is 3.44. The topological polar surface area (TPSA) is 9.23 Å². The third-order valence-electron chi connectivity index (χ3n) is 3.03. The maximum Gasteiger partial charge on any atom is 0.123 e. The highest BCUT2D eigenvalue weighted by molar-refractivity contribution is 6.21. The van der Waals surface area contributed by atoms with Gasteiger partial charge in [-0.2, -0.15) is 0 Å². The van der Waals surface area contributed by atoms with Gasteiger partial charge in [0.25, 0.3) is 0 Å². The van der Waals surface area contributed by atoms with Gasteiger partial charge in [-0.15, -0.1) is 11.6 Å². The molecule has 0 aromatic heterocycles. The molecule has 0 amide bonds. The number of aryl methyl sites for hydroxylation is 1. The van der Waals surface area contributed by atoms with E-state index in [4.69, 9.17) is 16.3 Å². The summed E-state index contributed by atoms with van der Waals surface area (Å²) in [5.41, 5.74) is 2.34. The highest BCUT2D eigenvalue weighted by atomic mass is 35.5. The van der Waals surface area contributed by atoms with Crippen LogP contribution in [0.3, 0.4) is 0 Å². The summed E-state index contributed by atoms with van der Waals surface area (Å²) in [4.78, 5) is 0. The van der Waals surface area contributed by atoms with Gasteiger partial charge in [-0.25, -0.2) is 0 Å². The van der Waals surface area contributed by atoms with E-state index in [1.807, 2.05) is 6.07 Å². The number of rotatable bonds is 5. The van der Waals surface area contributed by atoms with Crippen molar-refractivity contribution in [2.24, 2.45) is 5.92 Å². The molecule has 0 spiro atoms.